The van der Waals surface area contributed by atoms with Crippen LogP contribution in [0.25, 0.3) is 0 Å². The highest BCUT2D eigenvalue weighted by molar-refractivity contribution is 6.06. The molecule has 0 unspecified atom stereocenters. The van der Waals surface area contributed by atoms with E-state index in [1.807, 2.05) is 24.3 Å². The third-order valence-electron chi connectivity index (χ3n) is 4.51. The van der Waals surface area contributed by atoms with Crippen LogP contribution in [0.3, 0.4) is 0 Å². The first-order chi connectivity index (χ1) is 11.7. The molecule has 2 aromatic rings. The van der Waals surface area contributed by atoms with Crippen LogP contribution < -0.4 is 20.0 Å². The summed E-state index contributed by atoms with van der Waals surface area (Å²) in [5.74, 6) is -0.196. The van der Waals surface area contributed by atoms with Crippen LogP contribution in [0.5, 0.6) is 5.75 Å². The molecule has 6 heteroatoms. The van der Waals surface area contributed by atoms with Crippen LogP contribution >= 0.6 is 0 Å². The van der Waals surface area contributed by atoms with Gasteiger partial charge in [0.15, 0.2) is 5.76 Å². The van der Waals surface area contributed by atoms with E-state index in [1.54, 1.807) is 4.90 Å². The maximum Gasteiger partial charge on any atom is 0.294 e. The second-order valence-corrected chi connectivity index (χ2v) is 6.05. The van der Waals surface area contributed by atoms with Crippen molar-refractivity contribution in [3.8, 4) is 5.75 Å². The summed E-state index contributed by atoms with van der Waals surface area (Å²) in [5.41, 5.74) is 1.56. The van der Waals surface area contributed by atoms with E-state index >= 15 is 0 Å². The molecule has 0 bridgehead atoms. The van der Waals surface area contributed by atoms with Gasteiger partial charge < -0.3 is 19.0 Å². The number of carbonyl (C=O) groups is 1. The van der Waals surface area contributed by atoms with Gasteiger partial charge >= 0.3 is 0 Å². The van der Waals surface area contributed by atoms with Crippen molar-refractivity contribution in [1.82, 2.24) is 0 Å². The highest BCUT2D eigenvalue weighted by Gasteiger charge is 2.36. The van der Waals surface area contributed by atoms with Crippen molar-refractivity contribution >= 4 is 17.3 Å². The fourth-order valence-corrected chi connectivity index (χ4v) is 3.15. The zero-order valence-electron chi connectivity index (χ0n) is 13.4. The lowest BCUT2D eigenvalue weighted by Gasteiger charge is -2.37. The Hall–Kier alpha value is -2.76. The second kappa shape index (κ2) is 5.70. The maximum absolute atomic E-state index is 12.8. The molecular formula is C18H18N2O4. The average molecular weight is 326 g/mol. The SMILES string of the molecule is COc1coc(C(=O)N2CCN(C3CC3)c3ccccc32)cc1=O. The number of ether oxygens (including phenoxy) is 1. The van der Waals surface area contributed by atoms with E-state index in [0.717, 1.165) is 17.9 Å². The lowest BCUT2D eigenvalue weighted by Crippen LogP contribution is -2.45. The molecule has 2 aliphatic rings. The molecule has 2 heterocycles. The average Bonchev–Trinajstić information content (AvgIpc) is 3.45. The molecule has 1 amide bonds. The van der Waals surface area contributed by atoms with Crippen LogP contribution in [0.4, 0.5) is 11.4 Å². The quantitative estimate of drug-likeness (QED) is 0.866. The van der Waals surface area contributed by atoms with Crippen molar-refractivity contribution in [2.75, 3.05) is 30.0 Å². The molecule has 24 heavy (non-hydrogen) atoms. The van der Waals surface area contributed by atoms with Gasteiger partial charge in [-0.05, 0) is 25.0 Å². The van der Waals surface area contributed by atoms with Gasteiger partial charge in [0, 0.05) is 25.2 Å². The normalized spacial score (nSPS) is 16.7. The largest absolute Gasteiger partial charge is 0.490 e. The van der Waals surface area contributed by atoms with Gasteiger partial charge in [0.1, 0.15) is 6.26 Å². The van der Waals surface area contributed by atoms with Crippen LogP contribution in [0.15, 0.2) is 45.8 Å². The number of nitrogens with zero attached hydrogens (tertiary/aromatic N) is 2. The minimum Gasteiger partial charge on any atom is -0.490 e. The number of methoxy groups -OCH3 is 1. The lowest BCUT2D eigenvalue weighted by molar-refractivity contribution is 0.0957. The minimum atomic E-state index is -0.364. The summed E-state index contributed by atoms with van der Waals surface area (Å²) in [7, 11) is 1.39. The Labute approximate surface area is 139 Å². The summed E-state index contributed by atoms with van der Waals surface area (Å²) in [6.45, 7) is 1.36. The van der Waals surface area contributed by atoms with Gasteiger partial charge in [-0.1, -0.05) is 12.1 Å². The molecule has 1 aromatic heterocycles. The third kappa shape index (κ3) is 2.44. The third-order valence-corrected chi connectivity index (χ3v) is 4.51. The summed E-state index contributed by atoms with van der Waals surface area (Å²) in [6.07, 6.45) is 3.59. The van der Waals surface area contributed by atoms with E-state index in [0.29, 0.717) is 12.6 Å². The Kier molecular flexibility index (Phi) is 3.52. The molecule has 0 radical (unpaired) electrons. The first-order valence-corrected chi connectivity index (χ1v) is 8.03. The van der Waals surface area contributed by atoms with Crippen molar-refractivity contribution in [2.45, 2.75) is 18.9 Å². The number of carbonyl (C=O) groups excluding carboxylic acids is 1. The van der Waals surface area contributed by atoms with Crippen molar-refractivity contribution in [2.24, 2.45) is 0 Å². The van der Waals surface area contributed by atoms with Gasteiger partial charge in [-0.15, -0.1) is 0 Å². The Morgan fingerprint density at radius 1 is 1.21 bits per heavy atom. The van der Waals surface area contributed by atoms with Crippen LogP contribution in [0, 0.1) is 0 Å². The molecule has 0 spiro atoms. The number of amides is 1. The molecule has 1 aromatic carbocycles. The predicted octanol–water partition coefficient (Wildman–Crippen LogP) is 2.28. The number of fused-ring (bicyclic) bond motifs is 1. The number of hydrogen-bond donors (Lipinski definition) is 0. The summed E-state index contributed by atoms with van der Waals surface area (Å²) in [5, 5.41) is 0. The minimum absolute atomic E-state index is 0.0236. The van der Waals surface area contributed by atoms with Gasteiger partial charge in [0.05, 0.1) is 18.5 Å². The lowest BCUT2D eigenvalue weighted by atomic mass is 10.1. The van der Waals surface area contributed by atoms with Crippen molar-refractivity contribution < 1.29 is 13.9 Å². The van der Waals surface area contributed by atoms with E-state index < -0.39 is 0 Å². The Morgan fingerprint density at radius 3 is 2.62 bits per heavy atom. The number of benzene rings is 1. The highest BCUT2D eigenvalue weighted by Crippen LogP contribution is 2.40. The van der Waals surface area contributed by atoms with Crippen LogP contribution in [-0.2, 0) is 0 Å². The van der Waals surface area contributed by atoms with Gasteiger partial charge in [-0.25, -0.2) is 0 Å². The molecule has 1 saturated carbocycles. The van der Waals surface area contributed by atoms with E-state index in [1.165, 1.54) is 32.3 Å². The van der Waals surface area contributed by atoms with Gasteiger partial charge in [0.2, 0.25) is 11.2 Å². The highest BCUT2D eigenvalue weighted by atomic mass is 16.5. The molecule has 0 N–H and O–H groups in total. The maximum atomic E-state index is 12.8. The molecule has 6 nitrogen and oxygen atoms in total. The first-order valence-electron chi connectivity index (χ1n) is 8.03. The Balaban J connectivity index is 1.68. The number of hydrogen-bond acceptors (Lipinski definition) is 5. The smallest absolute Gasteiger partial charge is 0.294 e. The zero-order chi connectivity index (χ0) is 16.7. The van der Waals surface area contributed by atoms with E-state index in [4.69, 9.17) is 9.15 Å². The molecule has 124 valence electrons. The van der Waals surface area contributed by atoms with Crippen LogP contribution in [0.2, 0.25) is 0 Å². The van der Waals surface area contributed by atoms with Gasteiger partial charge in [-0.3, -0.25) is 9.59 Å². The van der Waals surface area contributed by atoms with Gasteiger partial charge in [0.25, 0.3) is 5.91 Å². The van der Waals surface area contributed by atoms with Crippen LogP contribution in [0.1, 0.15) is 23.4 Å². The first kappa shape index (κ1) is 14.8. The molecule has 1 aliphatic carbocycles. The van der Waals surface area contributed by atoms with E-state index in [2.05, 4.69) is 4.90 Å². The predicted molar refractivity (Wildman–Crippen MR) is 90.0 cm³/mol. The van der Waals surface area contributed by atoms with Crippen LogP contribution in [-0.4, -0.2) is 32.1 Å². The summed E-state index contributed by atoms with van der Waals surface area (Å²) in [6, 6.07) is 9.65. The molecule has 1 fully saturated rings. The fourth-order valence-electron chi connectivity index (χ4n) is 3.15. The topological polar surface area (TPSA) is 63.0 Å². The van der Waals surface area contributed by atoms with E-state index in [9.17, 15) is 9.59 Å². The molecule has 0 saturated heterocycles. The number of rotatable bonds is 3. The van der Waals surface area contributed by atoms with Crippen molar-refractivity contribution in [3.63, 3.8) is 0 Å². The van der Waals surface area contributed by atoms with Crippen molar-refractivity contribution in [3.05, 3.63) is 52.6 Å². The molecule has 0 atom stereocenters. The van der Waals surface area contributed by atoms with Crippen molar-refractivity contribution in [1.29, 1.82) is 0 Å². The fraction of sp³-hybridized carbons (Fsp3) is 0.333. The Morgan fingerprint density at radius 2 is 1.96 bits per heavy atom. The van der Waals surface area contributed by atoms with E-state index in [-0.39, 0.29) is 22.8 Å². The Bertz CT molecular complexity index is 841. The standard InChI is InChI=1S/C18H18N2O4/c1-23-17-11-24-16(10-15(17)21)18(22)20-9-8-19(12-6-7-12)13-4-2-3-5-14(13)20/h2-5,10-12H,6-9H2,1H3. The molecule has 1 aliphatic heterocycles. The second-order valence-electron chi connectivity index (χ2n) is 6.05. The summed E-state index contributed by atoms with van der Waals surface area (Å²) in [4.78, 5) is 28.8. The monoisotopic (exact) mass is 326 g/mol. The summed E-state index contributed by atoms with van der Waals surface area (Å²) >= 11 is 0. The van der Waals surface area contributed by atoms with Gasteiger partial charge in [-0.2, -0.15) is 0 Å². The number of para-hydroxylation sites is 2. The zero-order valence-corrected chi connectivity index (χ0v) is 13.4. The molecule has 4 rings (SSSR count). The summed E-state index contributed by atoms with van der Waals surface area (Å²) < 4.78 is 10.2. The molecular weight excluding hydrogens is 308 g/mol. The number of anilines is 2.